The molecule has 7 heteroatoms. The largest absolute Gasteiger partial charge is 0.478 e. The Kier molecular flexibility index (Phi) is 4.83. The van der Waals surface area contributed by atoms with Crippen LogP contribution in [0.5, 0.6) is 5.75 Å². The Bertz CT molecular complexity index is 540. The lowest BCUT2D eigenvalue weighted by Crippen LogP contribution is -2.44. The molecular weight excluding hydrogens is 253 g/mol. The summed E-state index contributed by atoms with van der Waals surface area (Å²) in [6, 6.07) is 4.71. The molecule has 0 fully saturated rings. The van der Waals surface area contributed by atoms with Crippen LogP contribution in [0.3, 0.4) is 0 Å². The number of nitriles is 1. The Labute approximate surface area is 109 Å². The fourth-order valence-corrected chi connectivity index (χ4v) is 1.19. The number of carbonyl (C=O) groups is 2. The highest BCUT2D eigenvalue weighted by molar-refractivity contribution is 5.96. The smallest absolute Gasteiger partial charge is 0.321 e. The third-order valence-corrected chi connectivity index (χ3v) is 2.20. The molecule has 1 atom stereocenters. The van der Waals surface area contributed by atoms with Crippen LogP contribution in [0.15, 0.2) is 18.2 Å². The molecular formula is C12H12FN3O3. The van der Waals surface area contributed by atoms with Crippen LogP contribution in [0.4, 0.5) is 9.18 Å². The van der Waals surface area contributed by atoms with Gasteiger partial charge in [-0.15, -0.1) is 0 Å². The van der Waals surface area contributed by atoms with Crippen LogP contribution in [0.1, 0.15) is 12.5 Å². The molecule has 2 N–H and O–H groups in total. The van der Waals surface area contributed by atoms with Crippen LogP contribution in [0.2, 0.25) is 0 Å². The van der Waals surface area contributed by atoms with E-state index < -0.39 is 23.9 Å². The van der Waals surface area contributed by atoms with Crippen molar-refractivity contribution in [2.45, 2.75) is 13.0 Å². The van der Waals surface area contributed by atoms with Gasteiger partial charge < -0.3 is 10.1 Å². The number of amides is 3. The summed E-state index contributed by atoms with van der Waals surface area (Å²) in [6.45, 7) is 1.37. The summed E-state index contributed by atoms with van der Waals surface area (Å²) >= 11 is 0. The number of rotatable bonds is 3. The van der Waals surface area contributed by atoms with Crippen molar-refractivity contribution in [1.29, 1.82) is 5.26 Å². The molecule has 3 amide bonds. The molecule has 19 heavy (non-hydrogen) atoms. The molecule has 0 aromatic heterocycles. The first-order valence-corrected chi connectivity index (χ1v) is 5.36. The molecule has 0 saturated heterocycles. The second-order valence-electron chi connectivity index (χ2n) is 3.59. The highest BCUT2D eigenvalue weighted by Gasteiger charge is 2.18. The van der Waals surface area contributed by atoms with Gasteiger partial charge in [0.25, 0.3) is 5.91 Å². The van der Waals surface area contributed by atoms with Gasteiger partial charge in [-0.1, -0.05) is 0 Å². The zero-order valence-electron chi connectivity index (χ0n) is 10.4. The summed E-state index contributed by atoms with van der Waals surface area (Å²) in [5, 5.41) is 12.8. The average molecular weight is 265 g/mol. The SMILES string of the molecule is CNC(=O)NC(=O)C(C)Oc1ccc(C#N)cc1F. The second-order valence-corrected chi connectivity index (χ2v) is 3.59. The molecule has 1 aromatic rings. The Hall–Kier alpha value is -2.62. The van der Waals surface area contributed by atoms with Gasteiger partial charge in [0.2, 0.25) is 0 Å². The topological polar surface area (TPSA) is 91.2 Å². The van der Waals surface area contributed by atoms with E-state index in [1.807, 2.05) is 5.32 Å². The van der Waals surface area contributed by atoms with Crippen LogP contribution in [-0.2, 0) is 4.79 Å². The minimum atomic E-state index is -1.06. The number of hydrogen-bond donors (Lipinski definition) is 2. The van der Waals surface area contributed by atoms with Gasteiger partial charge in [0.1, 0.15) is 0 Å². The van der Waals surface area contributed by atoms with Crippen molar-refractivity contribution in [3.05, 3.63) is 29.6 Å². The van der Waals surface area contributed by atoms with Gasteiger partial charge in [-0.05, 0) is 25.1 Å². The number of nitrogens with one attached hydrogen (secondary N) is 2. The predicted octanol–water partition coefficient (Wildman–Crippen LogP) is 0.920. The van der Waals surface area contributed by atoms with Gasteiger partial charge in [0.05, 0.1) is 11.6 Å². The maximum Gasteiger partial charge on any atom is 0.321 e. The lowest BCUT2D eigenvalue weighted by Gasteiger charge is -2.14. The maximum absolute atomic E-state index is 13.5. The van der Waals surface area contributed by atoms with E-state index in [0.29, 0.717) is 0 Å². The van der Waals surface area contributed by atoms with E-state index in [1.165, 1.54) is 26.1 Å². The van der Waals surface area contributed by atoms with Crippen molar-refractivity contribution in [2.75, 3.05) is 7.05 Å². The lowest BCUT2D eigenvalue weighted by atomic mass is 10.2. The van der Waals surface area contributed by atoms with Crippen LogP contribution in [0, 0.1) is 17.1 Å². The van der Waals surface area contributed by atoms with Crippen molar-refractivity contribution in [3.8, 4) is 11.8 Å². The fourth-order valence-electron chi connectivity index (χ4n) is 1.19. The molecule has 1 rings (SSSR count). The van der Waals surface area contributed by atoms with E-state index in [9.17, 15) is 14.0 Å². The van der Waals surface area contributed by atoms with Crippen molar-refractivity contribution < 1.29 is 18.7 Å². The van der Waals surface area contributed by atoms with E-state index in [2.05, 4.69) is 5.32 Å². The van der Waals surface area contributed by atoms with Crippen molar-refractivity contribution in [3.63, 3.8) is 0 Å². The van der Waals surface area contributed by atoms with Gasteiger partial charge in [0, 0.05) is 7.05 Å². The molecule has 100 valence electrons. The standard InChI is InChI=1S/C12H12FN3O3/c1-7(11(17)16-12(18)15-2)19-10-4-3-8(6-14)5-9(10)13/h3-5,7H,1-2H3,(H2,15,16,17,18). The second kappa shape index (κ2) is 6.35. The van der Waals surface area contributed by atoms with E-state index >= 15 is 0 Å². The Morgan fingerprint density at radius 1 is 1.47 bits per heavy atom. The van der Waals surface area contributed by atoms with Gasteiger partial charge in [0.15, 0.2) is 17.7 Å². The normalized spacial score (nSPS) is 11.1. The summed E-state index contributed by atoms with van der Waals surface area (Å²) in [5.41, 5.74) is 0.146. The van der Waals surface area contributed by atoms with Gasteiger partial charge >= 0.3 is 6.03 Å². The minimum absolute atomic E-state index is 0.146. The van der Waals surface area contributed by atoms with Gasteiger partial charge in [-0.25, -0.2) is 9.18 Å². The summed E-state index contributed by atoms with van der Waals surface area (Å²) < 4.78 is 18.6. The van der Waals surface area contributed by atoms with Crippen LogP contribution in [-0.4, -0.2) is 25.1 Å². The lowest BCUT2D eigenvalue weighted by molar-refractivity contribution is -0.126. The number of carbonyl (C=O) groups excluding carboxylic acids is 2. The number of nitrogens with zero attached hydrogens (tertiary/aromatic N) is 1. The summed E-state index contributed by atoms with van der Waals surface area (Å²) in [7, 11) is 1.36. The molecule has 6 nitrogen and oxygen atoms in total. The zero-order chi connectivity index (χ0) is 14.4. The maximum atomic E-state index is 13.5. The van der Waals surface area contributed by atoms with E-state index in [0.717, 1.165) is 6.07 Å². The van der Waals surface area contributed by atoms with Gasteiger partial charge in [-0.2, -0.15) is 5.26 Å². The molecule has 0 aliphatic heterocycles. The predicted molar refractivity (Wildman–Crippen MR) is 63.8 cm³/mol. The number of hydrogen-bond acceptors (Lipinski definition) is 4. The number of imide groups is 1. The highest BCUT2D eigenvalue weighted by atomic mass is 19.1. The molecule has 0 saturated carbocycles. The molecule has 0 aliphatic carbocycles. The third kappa shape index (κ3) is 3.96. The van der Waals surface area contributed by atoms with E-state index in [-0.39, 0.29) is 11.3 Å². The average Bonchev–Trinajstić information content (AvgIpc) is 2.40. The first kappa shape index (κ1) is 14.4. The molecule has 0 radical (unpaired) electrons. The molecule has 0 bridgehead atoms. The van der Waals surface area contributed by atoms with Crippen LogP contribution < -0.4 is 15.4 Å². The highest BCUT2D eigenvalue weighted by Crippen LogP contribution is 2.19. The monoisotopic (exact) mass is 265 g/mol. The molecule has 0 heterocycles. The van der Waals surface area contributed by atoms with Crippen molar-refractivity contribution in [2.24, 2.45) is 0 Å². The molecule has 0 spiro atoms. The van der Waals surface area contributed by atoms with Crippen LogP contribution in [0.25, 0.3) is 0 Å². The summed E-state index contributed by atoms with van der Waals surface area (Å²) in [4.78, 5) is 22.4. The Morgan fingerprint density at radius 2 is 2.16 bits per heavy atom. The summed E-state index contributed by atoms with van der Waals surface area (Å²) in [5.74, 6) is -1.62. The number of urea groups is 1. The fraction of sp³-hybridized carbons (Fsp3) is 0.250. The molecule has 0 aliphatic rings. The van der Waals surface area contributed by atoms with Crippen molar-refractivity contribution in [1.82, 2.24) is 10.6 Å². The molecule has 1 unspecified atom stereocenters. The number of halogens is 1. The number of ether oxygens (including phenoxy) is 1. The van der Waals surface area contributed by atoms with E-state index in [1.54, 1.807) is 6.07 Å². The minimum Gasteiger partial charge on any atom is -0.478 e. The Balaban J connectivity index is 2.72. The van der Waals surface area contributed by atoms with E-state index in [4.69, 9.17) is 10.00 Å². The summed E-state index contributed by atoms with van der Waals surface area (Å²) in [6.07, 6.45) is -1.06. The molecule has 1 aromatic carbocycles. The number of benzene rings is 1. The Morgan fingerprint density at radius 3 is 2.68 bits per heavy atom. The first-order chi connectivity index (χ1) is 8.97. The van der Waals surface area contributed by atoms with Crippen LogP contribution >= 0.6 is 0 Å². The van der Waals surface area contributed by atoms with Gasteiger partial charge in [-0.3, -0.25) is 10.1 Å². The third-order valence-electron chi connectivity index (χ3n) is 2.20. The quantitative estimate of drug-likeness (QED) is 0.850. The zero-order valence-corrected chi connectivity index (χ0v) is 10.4. The first-order valence-electron chi connectivity index (χ1n) is 5.36. The van der Waals surface area contributed by atoms with Crippen molar-refractivity contribution >= 4 is 11.9 Å².